The van der Waals surface area contributed by atoms with Crippen molar-refractivity contribution in [2.24, 2.45) is 7.05 Å². The molecule has 0 saturated heterocycles. The number of aromatic nitrogens is 3. The predicted molar refractivity (Wildman–Crippen MR) is 80.8 cm³/mol. The van der Waals surface area contributed by atoms with Crippen LogP contribution in [0.3, 0.4) is 0 Å². The number of phenolic OH excluding ortho intramolecular Hbond substituents is 1. The molecule has 19 heavy (non-hydrogen) atoms. The number of aromatic amines is 1. The molecule has 1 heterocycles. The smallest absolute Gasteiger partial charge is 0.195 e. The lowest BCUT2D eigenvalue weighted by atomic mass is 10.1. The van der Waals surface area contributed by atoms with Crippen LogP contribution in [-0.4, -0.2) is 19.9 Å². The van der Waals surface area contributed by atoms with E-state index >= 15 is 0 Å². The van der Waals surface area contributed by atoms with Crippen molar-refractivity contribution in [2.75, 3.05) is 0 Å². The Hall–Kier alpha value is -1.62. The number of phenols is 1. The average molecular weight is 279 g/mol. The van der Waals surface area contributed by atoms with Gasteiger partial charge in [0.15, 0.2) is 10.6 Å². The highest BCUT2D eigenvalue weighted by Crippen LogP contribution is 2.28. The molecule has 0 aliphatic rings. The molecular weight excluding hydrogens is 258 g/mol. The van der Waals surface area contributed by atoms with Gasteiger partial charge in [0.1, 0.15) is 5.75 Å². The minimum absolute atomic E-state index is 0.244. The van der Waals surface area contributed by atoms with E-state index in [1.807, 2.05) is 33.0 Å². The van der Waals surface area contributed by atoms with Crippen LogP contribution in [-0.2, 0) is 13.5 Å². The van der Waals surface area contributed by atoms with Gasteiger partial charge in [0.25, 0.3) is 0 Å². The molecule has 0 aliphatic heterocycles. The second-order valence-electron chi connectivity index (χ2n) is 4.01. The van der Waals surface area contributed by atoms with Crippen molar-refractivity contribution < 1.29 is 5.11 Å². The van der Waals surface area contributed by atoms with Crippen LogP contribution in [0.1, 0.15) is 32.8 Å². The summed E-state index contributed by atoms with van der Waals surface area (Å²) in [5.74, 6) is 0.892. The number of hydrogen-bond acceptors (Lipinski definition) is 3. The first-order valence-corrected chi connectivity index (χ1v) is 6.98. The van der Waals surface area contributed by atoms with Gasteiger partial charge in [-0.1, -0.05) is 33.3 Å². The molecule has 2 N–H and O–H groups in total. The van der Waals surface area contributed by atoms with Crippen molar-refractivity contribution in [1.29, 1.82) is 0 Å². The fourth-order valence-electron chi connectivity index (χ4n) is 1.80. The topological polar surface area (TPSA) is 53.8 Å². The molecule has 2 aromatic rings. The molecular formula is C14H21N3OS. The maximum atomic E-state index is 10.0. The molecule has 0 unspecified atom stereocenters. The molecule has 1 aromatic carbocycles. The number of aryl methyl sites for hydroxylation is 1. The standard InChI is InChI=1S/C12H15N3OS.C2H6/c1-3-4-8-5-6-9(10(16)7-8)11-13-14-12(17)15(11)2;1-2/h5-7,16H,3-4H2,1-2H3,(H,14,17);1-2H3. The summed E-state index contributed by atoms with van der Waals surface area (Å²) in [5.41, 5.74) is 1.82. The summed E-state index contributed by atoms with van der Waals surface area (Å²) in [6.07, 6.45) is 2.03. The lowest BCUT2D eigenvalue weighted by molar-refractivity contribution is 0.475. The lowest BCUT2D eigenvalue weighted by Gasteiger charge is -2.06. The van der Waals surface area contributed by atoms with Gasteiger partial charge in [-0.05, 0) is 36.3 Å². The molecule has 2 rings (SSSR count). The number of H-pyrrole nitrogens is 1. The summed E-state index contributed by atoms with van der Waals surface area (Å²) in [6.45, 7) is 6.11. The zero-order chi connectivity index (χ0) is 14.4. The molecule has 0 aliphatic carbocycles. The zero-order valence-corrected chi connectivity index (χ0v) is 12.7. The summed E-state index contributed by atoms with van der Waals surface area (Å²) in [6, 6.07) is 5.68. The van der Waals surface area contributed by atoms with Crippen LogP contribution < -0.4 is 0 Å². The van der Waals surface area contributed by atoms with Gasteiger partial charge < -0.3 is 9.67 Å². The third-order valence-corrected chi connectivity index (χ3v) is 3.09. The molecule has 4 nitrogen and oxygen atoms in total. The van der Waals surface area contributed by atoms with Gasteiger partial charge in [0.05, 0.1) is 5.56 Å². The minimum atomic E-state index is 0.244. The van der Waals surface area contributed by atoms with E-state index in [0.717, 1.165) is 18.4 Å². The Kier molecular flexibility index (Phi) is 5.76. The number of aromatic hydroxyl groups is 1. The van der Waals surface area contributed by atoms with Gasteiger partial charge >= 0.3 is 0 Å². The van der Waals surface area contributed by atoms with Crippen molar-refractivity contribution in [3.8, 4) is 17.1 Å². The summed E-state index contributed by atoms with van der Waals surface area (Å²) < 4.78 is 2.28. The quantitative estimate of drug-likeness (QED) is 0.840. The second-order valence-corrected chi connectivity index (χ2v) is 4.40. The average Bonchev–Trinajstić information content (AvgIpc) is 2.74. The van der Waals surface area contributed by atoms with E-state index in [4.69, 9.17) is 12.2 Å². The number of rotatable bonds is 3. The first-order valence-electron chi connectivity index (χ1n) is 6.57. The molecule has 104 valence electrons. The maximum absolute atomic E-state index is 10.0. The highest BCUT2D eigenvalue weighted by molar-refractivity contribution is 7.71. The summed E-state index contributed by atoms with van der Waals surface area (Å²) in [7, 11) is 1.82. The van der Waals surface area contributed by atoms with Crippen molar-refractivity contribution in [1.82, 2.24) is 14.8 Å². The van der Waals surface area contributed by atoms with E-state index in [9.17, 15) is 5.11 Å². The van der Waals surface area contributed by atoms with Crippen molar-refractivity contribution in [2.45, 2.75) is 33.6 Å². The fourth-order valence-corrected chi connectivity index (χ4v) is 1.93. The van der Waals surface area contributed by atoms with Crippen LogP contribution in [0.15, 0.2) is 18.2 Å². The van der Waals surface area contributed by atoms with E-state index in [-0.39, 0.29) is 5.75 Å². The van der Waals surface area contributed by atoms with Crippen LogP contribution in [0.5, 0.6) is 5.75 Å². The van der Waals surface area contributed by atoms with E-state index in [1.165, 1.54) is 0 Å². The molecule has 1 aromatic heterocycles. The number of nitrogens with zero attached hydrogens (tertiary/aromatic N) is 2. The van der Waals surface area contributed by atoms with E-state index in [1.54, 1.807) is 10.6 Å². The molecule has 0 fully saturated rings. The minimum Gasteiger partial charge on any atom is -0.507 e. The molecule has 0 atom stereocenters. The third kappa shape index (κ3) is 3.44. The summed E-state index contributed by atoms with van der Waals surface area (Å²) in [4.78, 5) is 0. The molecule has 0 bridgehead atoms. The van der Waals surface area contributed by atoms with E-state index in [2.05, 4.69) is 17.1 Å². The van der Waals surface area contributed by atoms with Crippen LogP contribution in [0.4, 0.5) is 0 Å². The van der Waals surface area contributed by atoms with Gasteiger partial charge in [-0.3, -0.25) is 5.10 Å². The van der Waals surface area contributed by atoms with Gasteiger partial charge in [-0.15, -0.1) is 0 Å². The van der Waals surface area contributed by atoms with Gasteiger partial charge in [0, 0.05) is 7.05 Å². The van der Waals surface area contributed by atoms with Gasteiger partial charge in [0.2, 0.25) is 0 Å². The van der Waals surface area contributed by atoms with Crippen molar-refractivity contribution in [3.05, 3.63) is 28.5 Å². The van der Waals surface area contributed by atoms with Gasteiger partial charge in [-0.25, -0.2) is 0 Å². The normalized spacial score (nSPS) is 9.89. The molecule has 0 radical (unpaired) electrons. The van der Waals surface area contributed by atoms with E-state index in [0.29, 0.717) is 16.2 Å². The molecule has 0 saturated carbocycles. The highest BCUT2D eigenvalue weighted by Gasteiger charge is 2.10. The second kappa shape index (κ2) is 7.09. The predicted octanol–water partition coefficient (Wildman–Crippen LogP) is 3.83. The Morgan fingerprint density at radius 1 is 1.37 bits per heavy atom. The monoisotopic (exact) mass is 279 g/mol. The first kappa shape index (κ1) is 15.4. The van der Waals surface area contributed by atoms with E-state index < -0.39 is 0 Å². The Bertz CT molecular complexity index is 587. The van der Waals surface area contributed by atoms with Crippen LogP contribution in [0.25, 0.3) is 11.4 Å². The Morgan fingerprint density at radius 2 is 2.05 bits per heavy atom. The zero-order valence-electron chi connectivity index (χ0n) is 11.9. The number of benzene rings is 1. The van der Waals surface area contributed by atoms with Crippen LogP contribution in [0.2, 0.25) is 0 Å². The lowest BCUT2D eigenvalue weighted by Crippen LogP contribution is -1.93. The van der Waals surface area contributed by atoms with Crippen LogP contribution in [0, 0.1) is 4.77 Å². The highest BCUT2D eigenvalue weighted by atomic mass is 32.1. The molecule has 5 heteroatoms. The third-order valence-electron chi connectivity index (χ3n) is 2.72. The summed E-state index contributed by atoms with van der Waals surface area (Å²) in [5, 5.41) is 16.8. The van der Waals surface area contributed by atoms with Crippen molar-refractivity contribution >= 4 is 12.2 Å². The Labute approximate surface area is 119 Å². The first-order chi connectivity index (χ1) is 9.13. The fraction of sp³-hybridized carbons (Fsp3) is 0.429. The van der Waals surface area contributed by atoms with Crippen LogP contribution >= 0.6 is 12.2 Å². The molecule has 0 amide bonds. The largest absolute Gasteiger partial charge is 0.507 e. The SMILES string of the molecule is CC.CCCc1ccc(-c2n[nH]c(=S)n2C)c(O)c1. The molecule has 0 spiro atoms. The van der Waals surface area contributed by atoms with Crippen molar-refractivity contribution in [3.63, 3.8) is 0 Å². The Morgan fingerprint density at radius 3 is 2.53 bits per heavy atom. The summed E-state index contributed by atoms with van der Waals surface area (Å²) >= 11 is 5.05. The van der Waals surface area contributed by atoms with Gasteiger partial charge in [-0.2, -0.15) is 5.10 Å². The number of hydrogen-bond donors (Lipinski definition) is 2. The number of nitrogens with one attached hydrogen (secondary N) is 1. The Balaban J connectivity index is 0.000000861. The maximum Gasteiger partial charge on any atom is 0.195 e.